The molecule has 1 saturated carbocycles. The third-order valence-corrected chi connectivity index (χ3v) is 7.02. The highest BCUT2D eigenvalue weighted by Gasteiger charge is 2.44. The molecule has 1 aliphatic carbocycles. The summed E-state index contributed by atoms with van der Waals surface area (Å²) in [4.78, 5) is 25.6. The number of hydrazone groups is 1. The topological polar surface area (TPSA) is 70.0 Å². The minimum absolute atomic E-state index is 0.00980. The fraction of sp³-hybridized carbons (Fsp3) is 0.179. The lowest BCUT2D eigenvalue weighted by atomic mass is 9.77. The number of carboxylic acid groups (broad SMARTS) is 1. The van der Waals surface area contributed by atoms with Crippen molar-refractivity contribution in [3.05, 3.63) is 111 Å². The summed E-state index contributed by atoms with van der Waals surface area (Å²) in [6.45, 7) is 0. The van der Waals surface area contributed by atoms with E-state index in [2.05, 4.69) is 6.08 Å². The van der Waals surface area contributed by atoms with Crippen molar-refractivity contribution in [2.75, 3.05) is 0 Å². The Balaban J connectivity index is 1.60. The number of halogens is 2. The van der Waals surface area contributed by atoms with Gasteiger partial charge in [0.15, 0.2) is 0 Å². The largest absolute Gasteiger partial charge is 0.478 e. The Labute approximate surface area is 213 Å². The zero-order valence-corrected chi connectivity index (χ0v) is 20.2. The van der Waals surface area contributed by atoms with Gasteiger partial charge in [0.1, 0.15) is 0 Å². The SMILES string of the molecule is O=C(O)c1ccccc1C(=O)N1N=C2/C(=C/c3ccc(Cl)cc3)CCC[C@H]2[C@H]1c1ccc(Cl)cc1. The van der Waals surface area contributed by atoms with Gasteiger partial charge in [0.25, 0.3) is 5.91 Å². The van der Waals surface area contributed by atoms with Crippen LogP contribution in [-0.4, -0.2) is 27.7 Å². The Morgan fingerprint density at radius 1 is 0.914 bits per heavy atom. The summed E-state index contributed by atoms with van der Waals surface area (Å²) in [6.07, 6.45) is 4.77. The summed E-state index contributed by atoms with van der Waals surface area (Å²) in [5.41, 5.74) is 3.94. The highest BCUT2D eigenvalue weighted by Crippen LogP contribution is 2.45. The van der Waals surface area contributed by atoms with E-state index in [1.807, 2.05) is 36.4 Å². The first-order chi connectivity index (χ1) is 16.9. The van der Waals surface area contributed by atoms with E-state index < -0.39 is 11.9 Å². The van der Waals surface area contributed by atoms with Gasteiger partial charge in [-0.25, -0.2) is 9.80 Å². The molecule has 1 heterocycles. The van der Waals surface area contributed by atoms with Crippen molar-refractivity contribution in [1.29, 1.82) is 0 Å². The Kier molecular flexibility index (Phi) is 6.46. The molecule has 0 saturated heterocycles. The number of nitrogens with zero attached hydrogens (tertiary/aromatic N) is 2. The van der Waals surface area contributed by atoms with Gasteiger partial charge in [-0.15, -0.1) is 0 Å². The van der Waals surface area contributed by atoms with Crippen LogP contribution in [0.2, 0.25) is 10.0 Å². The van der Waals surface area contributed by atoms with E-state index in [1.54, 1.807) is 24.3 Å². The fourth-order valence-corrected chi connectivity index (χ4v) is 5.15. The van der Waals surface area contributed by atoms with E-state index in [1.165, 1.54) is 17.1 Å². The van der Waals surface area contributed by atoms with Gasteiger partial charge in [-0.2, -0.15) is 5.10 Å². The number of rotatable bonds is 4. The lowest BCUT2D eigenvalue weighted by Crippen LogP contribution is -2.32. The summed E-state index contributed by atoms with van der Waals surface area (Å²) in [5, 5.41) is 17.2. The Morgan fingerprint density at radius 3 is 2.20 bits per heavy atom. The zero-order valence-electron chi connectivity index (χ0n) is 18.7. The maximum atomic E-state index is 13.8. The number of allylic oxidation sites excluding steroid dienone is 1. The van der Waals surface area contributed by atoms with Crippen molar-refractivity contribution in [3.63, 3.8) is 0 Å². The van der Waals surface area contributed by atoms with Crippen molar-refractivity contribution in [1.82, 2.24) is 5.01 Å². The molecular formula is C28H22Cl2N2O3. The first kappa shape index (κ1) is 23.3. The molecule has 1 fully saturated rings. The predicted molar refractivity (Wildman–Crippen MR) is 138 cm³/mol. The monoisotopic (exact) mass is 504 g/mol. The summed E-state index contributed by atoms with van der Waals surface area (Å²) >= 11 is 12.2. The molecule has 1 N–H and O–H groups in total. The number of hydrogen-bond acceptors (Lipinski definition) is 3. The minimum atomic E-state index is -1.15. The molecule has 7 heteroatoms. The van der Waals surface area contributed by atoms with Crippen LogP contribution in [0.5, 0.6) is 0 Å². The number of aromatic carboxylic acids is 1. The molecule has 0 spiro atoms. The quantitative estimate of drug-likeness (QED) is 0.410. The number of carboxylic acids is 1. The van der Waals surface area contributed by atoms with E-state index >= 15 is 0 Å². The van der Waals surface area contributed by atoms with Gasteiger partial charge >= 0.3 is 5.97 Å². The molecule has 2 atom stereocenters. The average molecular weight is 505 g/mol. The van der Waals surface area contributed by atoms with Gasteiger partial charge in [0.05, 0.1) is 22.9 Å². The molecule has 0 unspecified atom stereocenters. The van der Waals surface area contributed by atoms with Crippen LogP contribution >= 0.6 is 23.2 Å². The van der Waals surface area contributed by atoms with Gasteiger partial charge < -0.3 is 5.11 Å². The normalized spacial score (nSPS) is 20.5. The van der Waals surface area contributed by atoms with Crippen molar-refractivity contribution >= 4 is 46.9 Å². The van der Waals surface area contributed by atoms with E-state index in [0.29, 0.717) is 10.0 Å². The summed E-state index contributed by atoms with van der Waals surface area (Å²) in [7, 11) is 0. The molecule has 3 aromatic rings. The Hall–Kier alpha value is -3.41. The molecule has 2 aliphatic rings. The number of benzene rings is 3. The van der Waals surface area contributed by atoms with E-state index in [4.69, 9.17) is 28.3 Å². The Morgan fingerprint density at radius 2 is 1.54 bits per heavy atom. The number of hydrogen-bond donors (Lipinski definition) is 1. The minimum Gasteiger partial charge on any atom is -0.478 e. The number of carbonyl (C=O) groups is 2. The van der Waals surface area contributed by atoms with Crippen LogP contribution in [0.25, 0.3) is 6.08 Å². The van der Waals surface area contributed by atoms with E-state index in [0.717, 1.165) is 41.7 Å². The highest BCUT2D eigenvalue weighted by molar-refractivity contribution is 6.30. The molecule has 1 amide bonds. The first-order valence-electron chi connectivity index (χ1n) is 11.4. The second-order valence-electron chi connectivity index (χ2n) is 8.70. The highest BCUT2D eigenvalue weighted by atomic mass is 35.5. The Bertz CT molecular complexity index is 1350. The molecule has 5 nitrogen and oxygen atoms in total. The first-order valence-corrected chi connectivity index (χ1v) is 12.1. The molecule has 35 heavy (non-hydrogen) atoms. The van der Waals surface area contributed by atoms with Gasteiger partial charge in [-0.05, 0) is 78.4 Å². The number of amides is 1. The zero-order chi connectivity index (χ0) is 24.5. The van der Waals surface area contributed by atoms with Crippen molar-refractivity contribution < 1.29 is 14.7 Å². The second-order valence-corrected chi connectivity index (χ2v) is 9.57. The van der Waals surface area contributed by atoms with Gasteiger partial charge in [0.2, 0.25) is 0 Å². The molecule has 5 rings (SSSR count). The van der Waals surface area contributed by atoms with E-state index in [-0.39, 0.29) is 23.1 Å². The van der Waals surface area contributed by atoms with Crippen LogP contribution < -0.4 is 0 Å². The van der Waals surface area contributed by atoms with Crippen LogP contribution in [0, 0.1) is 5.92 Å². The van der Waals surface area contributed by atoms with E-state index in [9.17, 15) is 14.7 Å². The average Bonchev–Trinajstić information content (AvgIpc) is 3.26. The van der Waals surface area contributed by atoms with Crippen molar-refractivity contribution in [3.8, 4) is 0 Å². The lowest BCUT2D eigenvalue weighted by Gasteiger charge is -2.30. The molecule has 0 aromatic heterocycles. The summed E-state index contributed by atoms with van der Waals surface area (Å²) in [6, 6.07) is 20.9. The third-order valence-electron chi connectivity index (χ3n) is 6.52. The summed E-state index contributed by atoms with van der Waals surface area (Å²) in [5.74, 6) is -1.59. The van der Waals surface area contributed by atoms with Gasteiger partial charge in [-0.1, -0.05) is 59.6 Å². The number of fused-ring (bicyclic) bond motifs is 1. The van der Waals surface area contributed by atoms with Crippen LogP contribution in [0.1, 0.15) is 57.1 Å². The van der Waals surface area contributed by atoms with Crippen LogP contribution in [-0.2, 0) is 0 Å². The molecular weight excluding hydrogens is 483 g/mol. The maximum absolute atomic E-state index is 13.8. The van der Waals surface area contributed by atoms with Crippen LogP contribution in [0.15, 0.2) is 83.5 Å². The molecule has 0 radical (unpaired) electrons. The molecule has 0 bridgehead atoms. The molecule has 3 aromatic carbocycles. The number of carbonyl (C=O) groups excluding carboxylic acids is 1. The standard InChI is InChI=1S/C28H22Cl2N2O3/c29-20-12-8-17(9-13-20)16-19-4-3-7-24-25(19)31-32(26(24)18-10-14-21(30)15-11-18)27(33)22-5-1-2-6-23(22)28(34)35/h1-2,5-6,8-16,24,26H,3-4,7H2,(H,34,35)/b19-16+/t24-,26-/m1/s1. The van der Waals surface area contributed by atoms with Crippen molar-refractivity contribution in [2.24, 2.45) is 11.0 Å². The van der Waals surface area contributed by atoms with Crippen LogP contribution in [0.4, 0.5) is 0 Å². The summed E-state index contributed by atoms with van der Waals surface area (Å²) < 4.78 is 0. The third kappa shape index (κ3) is 4.62. The van der Waals surface area contributed by atoms with Gasteiger partial charge in [0, 0.05) is 16.0 Å². The molecule has 1 aliphatic heterocycles. The smallest absolute Gasteiger partial charge is 0.336 e. The van der Waals surface area contributed by atoms with Crippen LogP contribution in [0.3, 0.4) is 0 Å². The lowest BCUT2D eigenvalue weighted by molar-refractivity contribution is 0.0646. The second kappa shape index (κ2) is 9.68. The molecule has 176 valence electrons. The predicted octanol–water partition coefficient (Wildman–Crippen LogP) is 7.13. The van der Waals surface area contributed by atoms with Crippen molar-refractivity contribution in [2.45, 2.75) is 25.3 Å². The maximum Gasteiger partial charge on any atom is 0.336 e. The van der Waals surface area contributed by atoms with Gasteiger partial charge in [-0.3, -0.25) is 4.79 Å². The fourth-order valence-electron chi connectivity index (χ4n) is 4.90.